The third-order valence-corrected chi connectivity index (χ3v) is 5.52. The predicted molar refractivity (Wildman–Crippen MR) is 108 cm³/mol. The zero-order valence-electron chi connectivity index (χ0n) is 14.8. The first-order valence-electron chi connectivity index (χ1n) is 8.34. The van der Waals surface area contributed by atoms with Gasteiger partial charge in [-0.15, -0.1) is 0 Å². The van der Waals surface area contributed by atoms with Gasteiger partial charge in [0.15, 0.2) is 5.16 Å². The highest BCUT2D eigenvalue weighted by molar-refractivity contribution is 7.98. The van der Waals surface area contributed by atoms with E-state index in [0.29, 0.717) is 32.7 Å². The molecule has 2 aromatic heterocycles. The molecule has 5 nitrogen and oxygen atoms in total. The molecule has 0 aliphatic rings. The molecule has 0 saturated carbocycles. The van der Waals surface area contributed by atoms with Gasteiger partial charge in [-0.3, -0.25) is 9.36 Å². The molecule has 4 aromatic rings. The summed E-state index contributed by atoms with van der Waals surface area (Å²) in [6, 6.07) is 14.7. The molecule has 136 valence electrons. The molecular weight excluding hydrogens is 382 g/mol. The lowest BCUT2D eigenvalue weighted by atomic mass is 10.2. The predicted octanol–water partition coefficient (Wildman–Crippen LogP) is 4.84. The molecule has 0 unspecified atom stereocenters. The van der Waals surface area contributed by atoms with Gasteiger partial charge in [0.2, 0.25) is 5.89 Å². The number of thioether (sulfide) groups is 1. The highest BCUT2D eigenvalue weighted by atomic mass is 35.5. The molecule has 2 aromatic carbocycles. The van der Waals surface area contributed by atoms with E-state index in [0.717, 1.165) is 17.0 Å². The van der Waals surface area contributed by atoms with Gasteiger partial charge in [-0.1, -0.05) is 41.6 Å². The molecule has 0 amide bonds. The van der Waals surface area contributed by atoms with E-state index in [1.807, 2.05) is 49.4 Å². The minimum atomic E-state index is -0.0559. The molecule has 0 N–H and O–H groups in total. The fourth-order valence-corrected chi connectivity index (χ4v) is 3.93. The average Bonchev–Trinajstić information content (AvgIpc) is 3.04. The Labute approximate surface area is 165 Å². The second kappa shape index (κ2) is 7.21. The van der Waals surface area contributed by atoms with Gasteiger partial charge in [0, 0.05) is 23.4 Å². The number of hydrogen-bond acceptors (Lipinski definition) is 5. The molecule has 0 aliphatic carbocycles. The quantitative estimate of drug-likeness (QED) is 0.364. The van der Waals surface area contributed by atoms with E-state index in [1.54, 1.807) is 17.7 Å². The Balaban J connectivity index is 1.62. The van der Waals surface area contributed by atoms with E-state index in [2.05, 4.69) is 9.97 Å². The maximum atomic E-state index is 12.5. The smallest absolute Gasteiger partial charge is 0.261 e. The van der Waals surface area contributed by atoms with Crippen LogP contribution < -0.4 is 5.56 Å². The Morgan fingerprint density at radius 1 is 1.15 bits per heavy atom. The number of aryl methyl sites for hydroxylation is 1. The van der Waals surface area contributed by atoms with Crippen molar-refractivity contribution in [2.75, 3.05) is 0 Å². The van der Waals surface area contributed by atoms with E-state index in [4.69, 9.17) is 16.0 Å². The number of rotatable bonds is 4. The SMILES string of the molecule is Cc1oc(-c2cccc(Cl)c2)nc1CSc1nc2ccccc2c(=O)n1C. The first kappa shape index (κ1) is 17.8. The summed E-state index contributed by atoms with van der Waals surface area (Å²) in [5.74, 6) is 1.82. The topological polar surface area (TPSA) is 60.9 Å². The maximum Gasteiger partial charge on any atom is 0.261 e. The second-order valence-corrected chi connectivity index (χ2v) is 7.48. The van der Waals surface area contributed by atoms with Crippen molar-refractivity contribution in [1.82, 2.24) is 14.5 Å². The van der Waals surface area contributed by atoms with Crippen molar-refractivity contribution in [3.05, 3.63) is 75.4 Å². The van der Waals surface area contributed by atoms with Gasteiger partial charge in [0.05, 0.1) is 16.6 Å². The molecule has 0 atom stereocenters. The van der Waals surface area contributed by atoms with E-state index < -0.39 is 0 Å². The minimum absolute atomic E-state index is 0.0559. The van der Waals surface area contributed by atoms with Crippen LogP contribution >= 0.6 is 23.4 Å². The van der Waals surface area contributed by atoms with Gasteiger partial charge in [-0.2, -0.15) is 0 Å². The zero-order valence-corrected chi connectivity index (χ0v) is 16.3. The number of fused-ring (bicyclic) bond motifs is 1. The van der Waals surface area contributed by atoms with Crippen molar-refractivity contribution >= 4 is 34.3 Å². The van der Waals surface area contributed by atoms with Crippen LogP contribution in [0.15, 0.2) is 62.9 Å². The second-order valence-electron chi connectivity index (χ2n) is 6.10. The molecule has 0 fully saturated rings. The lowest BCUT2D eigenvalue weighted by Crippen LogP contribution is -2.19. The van der Waals surface area contributed by atoms with Crippen molar-refractivity contribution in [2.45, 2.75) is 17.8 Å². The number of benzene rings is 2. The number of oxazole rings is 1. The molecular formula is C20H16ClN3O2S. The van der Waals surface area contributed by atoms with Crippen LogP contribution in [-0.4, -0.2) is 14.5 Å². The van der Waals surface area contributed by atoms with Gasteiger partial charge >= 0.3 is 0 Å². The highest BCUT2D eigenvalue weighted by Gasteiger charge is 2.14. The van der Waals surface area contributed by atoms with Crippen LogP contribution in [0.3, 0.4) is 0 Å². The van der Waals surface area contributed by atoms with Gasteiger partial charge in [0.25, 0.3) is 5.56 Å². The molecule has 0 saturated heterocycles. The summed E-state index contributed by atoms with van der Waals surface area (Å²) in [5.41, 5.74) is 2.29. The summed E-state index contributed by atoms with van der Waals surface area (Å²) in [6.45, 7) is 1.88. The first-order valence-corrected chi connectivity index (χ1v) is 9.70. The molecule has 7 heteroatoms. The van der Waals surface area contributed by atoms with Crippen molar-refractivity contribution in [3.63, 3.8) is 0 Å². The largest absolute Gasteiger partial charge is 0.441 e. The van der Waals surface area contributed by atoms with Crippen LogP contribution in [0.4, 0.5) is 0 Å². The number of halogens is 1. The third-order valence-electron chi connectivity index (χ3n) is 4.24. The van der Waals surface area contributed by atoms with Crippen LogP contribution in [0.5, 0.6) is 0 Å². The lowest BCUT2D eigenvalue weighted by Gasteiger charge is -2.07. The Morgan fingerprint density at radius 2 is 1.96 bits per heavy atom. The van der Waals surface area contributed by atoms with E-state index in [-0.39, 0.29) is 5.56 Å². The van der Waals surface area contributed by atoms with Crippen LogP contribution in [0.25, 0.3) is 22.4 Å². The summed E-state index contributed by atoms with van der Waals surface area (Å²) in [5, 5.41) is 1.89. The average molecular weight is 398 g/mol. The van der Waals surface area contributed by atoms with Crippen LogP contribution in [0.1, 0.15) is 11.5 Å². The Hall–Kier alpha value is -2.57. The van der Waals surface area contributed by atoms with E-state index >= 15 is 0 Å². The number of hydrogen-bond donors (Lipinski definition) is 0. The summed E-state index contributed by atoms with van der Waals surface area (Å²) in [7, 11) is 1.73. The molecule has 0 radical (unpaired) electrons. The van der Waals surface area contributed by atoms with Gasteiger partial charge in [0.1, 0.15) is 5.76 Å². The van der Waals surface area contributed by atoms with E-state index in [1.165, 1.54) is 11.8 Å². The summed E-state index contributed by atoms with van der Waals surface area (Å²) >= 11 is 7.51. The van der Waals surface area contributed by atoms with Crippen LogP contribution in [-0.2, 0) is 12.8 Å². The number of para-hydroxylation sites is 1. The Kier molecular flexibility index (Phi) is 4.76. The fraction of sp³-hybridized carbons (Fsp3) is 0.150. The minimum Gasteiger partial charge on any atom is -0.441 e. The number of nitrogens with zero attached hydrogens (tertiary/aromatic N) is 3. The van der Waals surface area contributed by atoms with Crippen molar-refractivity contribution in [3.8, 4) is 11.5 Å². The van der Waals surface area contributed by atoms with Crippen molar-refractivity contribution in [2.24, 2.45) is 7.05 Å². The molecule has 0 spiro atoms. The van der Waals surface area contributed by atoms with E-state index in [9.17, 15) is 4.79 Å². The maximum absolute atomic E-state index is 12.5. The summed E-state index contributed by atoms with van der Waals surface area (Å²) in [4.78, 5) is 21.7. The molecule has 0 aliphatic heterocycles. The lowest BCUT2D eigenvalue weighted by molar-refractivity contribution is 0.540. The fourth-order valence-electron chi connectivity index (χ4n) is 2.77. The Morgan fingerprint density at radius 3 is 2.78 bits per heavy atom. The summed E-state index contributed by atoms with van der Waals surface area (Å²) < 4.78 is 7.37. The first-order chi connectivity index (χ1) is 13.0. The zero-order chi connectivity index (χ0) is 19.0. The molecule has 2 heterocycles. The van der Waals surface area contributed by atoms with Gasteiger partial charge in [-0.05, 0) is 37.3 Å². The normalized spacial score (nSPS) is 11.2. The Bertz CT molecular complexity index is 1200. The monoisotopic (exact) mass is 397 g/mol. The van der Waals surface area contributed by atoms with Crippen molar-refractivity contribution in [1.29, 1.82) is 0 Å². The standard InChI is InChI=1S/C20H16ClN3O2S/c1-12-17(22-18(26-12)13-6-5-7-14(21)10-13)11-27-20-23-16-9-4-3-8-15(16)19(25)24(20)2/h3-10H,11H2,1-2H3. The molecule has 4 rings (SSSR count). The van der Waals surface area contributed by atoms with Crippen molar-refractivity contribution < 1.29 is 4.42 Å². The van der Waals surface area contributed by atoms with Crippen LogP contribution in [0.2, 0.25) is 5.02 Å². The highest BCUT2D eigenvalue weighted by Crippen LogP contribution is 2.28. The molecule has 27 heavy (non-hydrogen) atoms. The van der Waals surface area contributed by atoms with Gasteiger partial charge in [-0.25, -0.2) is 9.97 Å². The van der Waals surface area contributed by atoms with Crippen LogP contribution in [0, 0.1) is 6.92 Å². The third kappa shape index (κ3) is 3.50. The molecule has 0 bridgehead atoms. The summed E-state index contributed by atoms with van der Waals surface area (Å²) in [6.07, 6.45) is 0. The van der Waals surface area contributed by atoms with Gasteiger partial charge < -0.3 is 4.42 Å². The number of aromatic nitrogens is 3.